The van der Waals surface area contributed by atoms with Crippen LogP contribution in [0.25, 0.3) is 0 Å². The molecule has 0 fully saturated rings. The van der Waals surface area contributed by atoms with E-state index in [9.17, 15) is 4.79 Å². The maximum absolute atomic E-state index is 11.0. The Bertz CT molecular complexity index is 438. The van der Waals surface area contributed by atoms with Gasteiger partial charge >= 0.3 is 0 Å². The summed E-state index contributed by atoms with van der Waals surface area (Å²) < 4.78 is 6.42. The average Bonchev–Trinajstić information content (AvgIpc) is 2.72. The molecule has 120 valence electrons. The molecular formula is C16H29NO2SSi. The zero-order valence-electron chi connectivity index (χ0n) is 14.3. The minimum Gasteiger partial charge on any atom is -0.410 e. The molecule has 21 heavy (non-hydrogen) atoms. The topological polar surface area (TPSA) is 38.3 Å². The molecule has 1 unspecified atom stereocenters. The van der Waals surface area contributed by atoms with E-state index in [0.717, 1.165) is 17.6 Å². The molecule has 5 heteroatoms. The number of rotatable bonds is 6. The lowest BCUT2D eigenvalue weighted by Crippen LogP contribution is -2.44. The van der Waals surface area contributed by atoms with Crippen molar-refractivity contribution in [3.05, 3.63) is 22.8 Å². The Morgan fingerprint density at radius 3 is 2.57 bits per heavy atom. The monoisotopic (exact) mass is 327 g/mol. The average molecular weight is 328 g/mol. The maximum Gasteiger partial charge on any atom is 0.192 e. The van der Waals surface area contributed by atoms with E-state index in [1.807, 2.05) is 0 Å². The van der Waals surface area contributed by atoms with Crippen molar-refractivity contribution >= 4 is 26.4 Å². The molecule has 0 amide bonds. The van der Waals surface area contributed by atoms with Crippen LogP contribution in [0.4, 0.5) is 0 Å². The third-order valence-electron chi connectivity index (χ3n) is 4.21. The maximum atomic E-state index is 11.0. The van der Waals surface area contributed by atoms with Crippen LogP contribution in [0.5, 0.6) is 0 Å². The third kappa shape index (κ3) is 5.31. The highest BCUT2D eigenvalue weighted by Crippen LogP contribution is 2.38. The van der Waals surface area contributed by atoms with E-state index < -0.39 is 8.32 Å². The molecule has 1 heterocycles. The van der Waals surface area contributed by atoms with E-state index >= 15 is 0 Å². The number of carbonyl (C=O) groups is 1. The summed E-state index contributed by atoms with van der Waals surface area (Å²) in [7, 11) is -1.88. The number of thioether (sulfide) groups is 1. The zero-order valence-corrected chi connectivity index (χ0v) is 16.1. The van der Waals surface area contributed by atoms with Gasteiger partial charge in [-0.15, -0.1) is 11.8 Å². The molecule has 0 aliphatic carbocycles. The first-order valence-corrected chi connectivity index (χ1v) is 11.3. The van der Waals surface area contributed by atoms with Crippen LogP contribution in [0.1, 0.15) is 41.0 Å². The number of nitrogens with one attached hydrogen (secondary N) is 1. The molecule has 0 aromatic heterocycles. The smallest absolute Gasteiger partial charge is 0.192 e. The van der Waals surface area contributed by atoms with Gasteiger partial charge in [0.15, 0.2) is 8.32 Å². The van der Waals surface area contributed by atoms with E-state index in [1.165, 1.54) is 0 Å². The van der Waals surface area contributed by atoms with Crippen molar-refractivity contribution in [3.8, 4) is 0 Å². The van der Waals surface area contributed by atoms with Gasteiger partial charge < -0.3 is 14.5 Å². The van der Waals surface area contributed by atoms with Crippen molar-refractivity contribution in [2.45, 2.75) is 70.6 Å². The molecule has 0 aromatic rings. The van der Waals surface area contributed by atoms with Crippen LogP contribution >= 0.6 is 11.8 Å². The van der Waals surface area contributed by atoms with Gasteiger partial charge in [0, 0.05) is 12.1 Å². The summed E-state index contributed by atoms with van der Waals surface area (Å²) in [4.78, 5) is 11.0. The van der Waals surface area contributed by atoms with Gasteiger partial charge in [-0.3, -0.25) is 0 Å². The van der Waals surface area contributed by atoms with E-state index in [2.05, 4.69) is 64.5 Å². The van der Waals surface area contributed by atoms with Crippen LogP contribution in [0.2, 0.25) is 18.1 Å². The molecule has 1 rings (SSSR count). The van der Waals surface area contributed by atoms with Gasteiger partial charge in [-0.05, 0) is 49.0 Å². The Balaban J connectivity index is 2.86. The lowest BCUT2D eigenvalue weighted by atomic mass is 10.1. The van der Waals surface area contributed by atoms with E-state index in [1.54, 1.807) is 11.8 Å². The SMILES string of the molecule is C/C(=C\C1=CSC(C)N1)[C@H](CC=O)O[Si](C)(C)C(C)(C)C. The molecule has 0 saturated carbocycles. The number of hydrogen-bond donors (Lipinski definition) is 1. The van der Waals surface area contributed by atoms with Crippen molar-refractivity contribution in [1.29, 1.82) is 0 Å². The molecule has 0 saturated heterocycles. The molecule has 1 aliphatic heterocycles. The van der Waals surface area contributed by atoms with Crippen LogP contribution in [0.3, 0.4) is 0 Å². The van der Waals surface area contributed by atoms with Crippen LogP contribution in [0.15, 0.2) is 22.8 Å². The summed E-state index contributed by atoms with van der Waals surface area (Å²) in [6.07, 6.45) is 3.37. The first-order valence-electron chi connectivity index (χ1n) is 7.48. The summed E-state index contributed by atoms with van der Waals surface area (Å²) in [5.41, 5.74) is 2.22. The molecule has 0 bridgehead atoms. The second-order valence-electron chi connectivity index (χ2n) is 7.15. The second-order valence-corrected chi connectivity index (χ2v) is 13.1. The molecule has 3 nitrogen and oxygen atoms in total. The van der Waals surface area contributed by atoms with Gasteiger partial charge in [-0.1, -0.05) is 20.8 Å². The van der Waals surface area contributed by atoms with E-state index in [4.69, 9.17) is 4.43 Å². The number of carbonyl (C=O) groups excluding carboxylic acids is 1. The first kappa shape index (κ1) is 18.5. The van der Waals surface area contributed by atoms with Gasteiger partial charge in [-0.25, -0.2) is 0 Å². The van der Waals surface area contributed by atoms with Crippen molar-refractivity contribution in [2.24, 2.45) is 0 Å². The van der Waals surface area contributed by atoms with Crippen molar-refractivity contribution < 1.29 is 9.22 Å². The molecule has 2 atom stereocenters. The minimum absolute atomic E-state index is 0.119. The summed E-state index contributed by atoms with van der Waals surface area (Å²) in [5, 5.41) is 6.07. The molecule has 0 radical (unpaired) electrons. The van der Waals surface area contributed by atoms with Gasteiger partial charge in [-0.2, -0.15) is 0 Å². The fourth-order valence-corrected chi connectivity index (χ4v) is 3.88. The highest BCUT2D eigenvalue weighted by atomic mass is 32.2. The number of hydrogen-bond acceptors (Lipinski definition) is 4. The summed E-state index contributed by atoms with van der Waals surface area (Å²) in [5.74, 6) is 0. The van der Waals surface area contributed by atoms with Gasteiger partial charge in [0.05, 0.1) is 11.5 Å². The lowest BCUT2D eigenvalue weighted by molar-refractivity contribution is -0.109. The first-order chi connectivity index (χ1) is 9.56. The Kier molecular flexibility index (Phi) is 6.32. The standard InChI is InChI=1S/C16H29NO2SSi/c1-12(10-14-11-20-13(2)17-14)15(8-9-18)19-21(6,7)16(3,4)5/h9-11,13,15,17H,8H2,1-7H3/b12-10+/t13?,15-/m0/s1. The van der Waals surface area contributed by atoms with Crippen molar-refractivity contribution in [2.75, 3.05) is 0 Å². The minimum atomic E-state index is -1.88. The molecule has 0 aromatic carbocycles. The lowest BCUT2D eigenvalue weighted by Gasteiger charge is -2.39. The van der Waals surface area contributed by atoms with Gasteiger partial charge in [0.2, 0.25) is 0 Å². The normalized spacial score (nSPS) is 21.8. The number of allylic oxidation sites excluding steroid dienone is 1. The Hall–Kier alpha value is -0.523. The second kappa shape index (κ2) is 7.16. The van der Waals surface area contributed by atoms with Crippen molar-refractivity contribution in [1.82, 2.24) is 5.32 Å². The molecular weight excluding hydrogens is 298 g/mol. The Labute approximate surface area is 134 Å². The van der Waals surface area contributed by atoms with Crippen LogP contribution in [-0.2, 0) is 9.22 Å². The van der Waals surface area contributed by atoms with Crippen LogP contribution in [0, 0.1) is 0 Å². The molecule has 1 N–H and O–H groups in total. The summed E-state index contributed by atoms with van der Waals surface area (Å²) in [6.45, 7) is 15.3. The van der Waals surface area contributed by atoms with Crippen LogP contribution in [-0.4, -0.2) is 26.1 Å². The van der Waals surface area contributed by atoms with Gasteiger partial charge in [0.1, 0.15) is 6.29 Å². The molecule has 0 spiro atoms. The van der Waals surface area contributed by atoms with E-state index in [0.29, 0.717) is 11.8 Å². The van der Waals surface area contributed by atoms with Crippen molar-refractivity contribution in [3.63, 3.8) is 0 Å². The fraction of sp³-hybridized carbons (Fsp3) is 0.688. The third-order valence-corrected chi connectivity index (χ3v) is 9.62. The number of aldehydes is 1. The Morgan fingerprint density at radius 2 is 2.14 bits per heavy atom. The Morgan fingerprint density at radius 1 is 1.52 bits per heavy atom. The fourth-order valence-electron chi connectivity index (χ4n) is 1.84. The summed E-state index contributed by atoms with van der Waals surface area (Å²) in [6, 6.07) is 0. The molecule has 1 aliphatic rings. The zero-order chi connectivity index (χ0) is 16.3. The van der Waals surface area contributed by atoms with Gasteiger partial charge in [0.25, 0.3) is 0 Å². The highest BCUT2D eigenvalue weighted by Gasteiger charge is 2.39. The summed E-state index contributed by atoms with van der Waals surface area (Å²) >= 11 is 1.77. The van der Waals surface area contributed by atoms with E-state index in [-0.39, 0.29) is 11.1 Å². The van der Waals surface area contributed by atoms with Crippen LogP contribution < -0.4 is 5.32 Å². The largest absolute Gasteiger partial charge is 0.410 e. The highest BCUT2D eigenvalue weighted by molar-refractivity contribution is 8.02. The predicted octanol–water partition coefficient (Wildman–Crippen LogP) is 4.44. The predicted molar refractivity (Wildman–Crippen MR) is 94.8 cm³/mol. The quantitative estimate of drug-likeness (QED) is 0.578.